The van der Waals surface area contributed by atoms with Crippen molar-refractivity contribution < 1.29 is 4.39 Å². The van der Waals surface area contributed by atoms with E-state index in [2.05, 4.69) is 47.6 Å². The van der Waals surface area contributed by atoms with Crippen molar-refractivity contribution in [2.24, 2.45) is 22.7 Å². The Morgan fingerprint density at radius 2 is 1.53 bits per heavy atom. The summed E-state index contributed by atoms with van der Waals surface area (Å²) in [5.74, 6) is 0.698. The van der Waals surface area contributed by atoms with Crippen molar-refractivity contribution in [1.29, 1.82) is 0 Å². The zero-order chi connectivity index (χ0) is 13.3. The van der Waals surface area contributed by atoms with Crippen LogP contribution in [0.2, 0.25) is 0 Å². The summed E-state index contributed by atoms with van der Waals surface area (Å²) in [6.45, 7) is 13.4. The number of hydrogen-bond acceptors (Lipinski definition) is 0. The molecule has 0 radical (unpaired) electrons. The van der Waals surface area contributed by atoms with E-state index in [4.69, 9.17) is 0 Å². The van der Waals surface area contributed by atoms with Crippen LogP contribution in [0.4, 0.5) is 4.39 Å². The van der Waals surface area contributed by atoms with Crippen molar-refractivity contribution in [1.82, 2.24) is 0 Å². The lowest BCUT2D eigenvalue weighted by atomic mass is 9.63. The van der Waals surface area contributed by atoms with E-state index in [0.29, 0.717) is 11.3 Å². The Morgan fingerprint density at radius 1 is 1.00 bits per heavy atom. The average Bonchev–Trinajstić information content (AvgIpc) is 2.29. The minimum Gasteiger partial charge on any atom is -0.243 e. The van der Waals surface area contributed by atoms with Crippen LogP contribution >= 0.6 is 0 Å². The van der Waals surface area contributed by atoms with Crippen LogP contribution in [0, 0.1) is 22.7 Å². The first kappa shape index (κ1) is 14.7. The van der Waals surface area contributed by atoms with Crippen molar-refractivity contribution in [2.75, 3.05) is 0 Å². The maximum Gasteiger partial charge on any atom is 0.122 e. The molecule has 0 aromatic heterocycles. The number of allylic oxidation sites excluding steroid dienone is 2. The van der Waals surface area contributed by atoms with Crippen LogP contribution in [0.15, 0.2) is 12.2 Å². The molecular formula is C16H29F. The molecule has 1 aliphatic carbocycles. The van der Waals surface area contributed by atoms with Gasteiger partial charge in [0.2, 0.25) is 0 Å². The van der Waals surface area contributed by atoms with Crippen LogP contribution in [-0.2, 0) is 0 Å². The second-order valence-electron chi connectivity index (χ2n) is 6.96. The SMILES string of the molecule is CCC(C)(C)C1C=CC(F)C(C(C)(C)CC)C1. The van der Waals surface area contributed by atoms with Crippen molar-refractivity contribution in [3.63, 3.8) is 0 Å². The lowest BCUT2D eigenvalue weighted by Crippen LogP contribution is -2.38. The van der Waals surface area contributed by atoms with Crippen molar-refractivity contribution >= 4 is 0 Å². The van der Waals surface area contributed by atoms with Gasteiger partial charge in [-0.3, -0.25) is 0 Å². The highest BCUT2D eigenvalue weighted by Gasteiger charge is 2.40. The van der Waals surface area contributed by atoms with Gasteiger partial charge in [0.15, 0.2) is 0 Å². The van der Waals surface area contributed by atoms with Gasteiger partial charge in [0.25, 0.3) is 0 Å². The summed E-state index contributed by atoms with van der Waals surface area (Å²) < 4.78 is 14.1. The summed E-state index contributed by atoms with van der Waals surface area (Å²) in [6.07, 6.45) is 6.38. The van der Waals surface area contributed by atoms with Crippen LogP contribution < -0.4 is 0 Å². The number of alkyl halides is 1. The third-order valence-electron chi connectivity index (χ3n) is 5.25. The molecule has 100 valence electrons. The topological polar surface area (TPSA) is 0 Å². The van der Waals surface area contributed by atoms with Gasteiger partial charge in [0.05, 0.1) is 0 Å². The Balaban J connectivity index is 2.89. The lowest BCUT2D eigenvalue weighted by Gasteiger charge is -2.43. The fourth-order valence-corrected chi connectivity index (χ4v) is 2.71. The number of hydrogen-bond donors (Lipinski definition) is 0. The van der Waals surface area contributed by atoms with E-state index in [9.17, 15) is 4.39 Å². The normalized spacial score (nSPS) is 30.6. The summed E-state index contributed by atoms with van der Waals surface area (Å²) in [5, 5.41) is 0. The van der Waals surface area contributed by atoms with Gasteiger partial charge in [-0.05, 0) is 29.1 Å². The smallest absolute Gasteiger partial charge is 0.122 e. The van der Waals surface area contributed by atoms with E-state index in [-0.39, 0.29) is 11.3 Å². The maximum atomic E-state index is 14.1. The van der Waals surface area contributed by atoms with E-state index in [1.807, 2.05) is 6.08 Å². The van der Waals surface area contributed by atoms with Crippen LogP contribution in [-0.4, -0.2) is 6.17 Å². The molecule has 0 amide bonds. The van der Waals surface area contributed by atoms with E-state index < -0.39 is 6.17 Å². The quantitative estimate of drug-likeness (QED) is 0.578. The second kappa shape index (κ2) is 5.12. The molecule has 0 saturated heterocycles. The van der Waals surface area contributed by atoms with Crippen LogP contribution in [0.3, 0.4) is 0 Å². The Morgan fingerprint density at radius 3 is 2.00 bits per heavy atom. The Labute approximate surface area is 107 Å². The van der Waals surface area contributed by atoms with Gasteiger partial charge in [-0.1, -0.05) is 66.5 Å². The van der Waals surface area contributed by atoms with E-state index >= 15 is 0 Å². The Hall–Kier alpha value is -0.330. The molecular weight excluding hydrogens is 211 g/mol. The van der Waals surface area contributed by atoms with E-state index in [1.165, 1.54) is 0 Å². The molecule has 0 nitrogen and oxygen atoms in total. The van der Waals surface area contributed by atoms with Crippen molar-refractivity contribution in [3.05, 3.63) is 12.2 Å². The molecule has 0 N–H and O–H groups in total. The highest BCUT2D eigenvalue weighted by Crippen LogP contribution is 2.46. The van der Waals surface area contributed by atoms with Gasteiger partial charge >= 0.3 is 0 Å². The summed E-state index contributed by atoms with van der Waals surface area (Å²) in [7, 11) is 0. The molecule has 0 aromatic carbocycles. The van der Waals surface area contributed by atoms with Crippen LogP contribution in [0.5, 0.6) is 0 Å². The predicted octanol–water partition coefficient (Wildman–Crippen LogP) is 5.39. The van der Waals surface area contributed by atoms with E-state index in [0.717, 1.165) is 19.3 Å². The minimum atomic E-state index is -0.756. The molecule has 0 aliphatic heterocycles. The summed E-state index contributed by atoms with van der Waals surface area (Å²) in [4.78, 5) is 0. The first-order valence-electron chi connectivity index (χ1n) is 7.07. The third-order valence-corrected chi connectivity index (χ3v) is 5.25. The first-order chi connectivity index (χ1) is 7.74. The molecule has 17 heavy (non-hydrogen) atoms. The van der Waals surface area contributed by atoms with Gasteiger partial charge in [0.1, 0.15) is 6.17 Å². The Kier molecular flexibility index (Phi) is 4.43. The summed E-state index contributed by atoms with van der Waals surface area (Å²) in [6, 6.07) is 0. The van der Waals surface area contributed by atoms with Gasteiger partial charge in [-0.2, -0.15) is 0 Å². The zero-order valence-electron chi connectivity index (χ0n) is 12.4. The standard InChI is InChI=1S/C16H29F/c1-7-15(3,4)12-9-10-14(17)13(11-12)16(5,6)8-2/h9-10,12-14H,7-8,11H2,1-6H3. The first-order valence-corrected chi connectivity index (χ1v) is 7.07. The number of rotatable bonds is 4. The molecule has 0 heterocycles. The molecule has 0 fully saturated rings. The van der Waals surface area contributed by atoms with Crippen molar-refractivity contribution in [3.8, 4) is 0 Å². The second-order valence-corrected chi connectivity index (χ2v) is 6.96. The molecule has 3 atom stereocenters. The largest absolute Gasteiger partial charge is 0.243 e. The van der Waals surface area contributed by atoms with Crippen molar-refractivity contribution in [2.45, 2.75) is 67.0 Å². The van der Waals surface area contributed by atoms with Crippen LogP contribution in [0.1, 0.15) is 60.8 Å². The zero-order valence-corrected chi connectivity index (χ0v) is 12.4. The molecule has 3 unspecified atom stereocenters. The van der Waals surface area contributed by atoms with Gasteiger partial charge in [0, 0.05) is 0 Å². The Bertz CT molecular complexity index is 275. The fourth-order valence-electron chi connectivity index (χ4n) is 2.71. The molecule has 0 spiro atoms. The molecule has 1 rings (SSSR count). The van der Waals surface area contributed by atoms with Gasteiger partial charge in [-0.15, -0.1) is 0 Å². The third kappa shape index (κ3) is 3.11. The predicted molar refractivity (Wildman–Crippen MR) is 73.8 cm³/mol. The maximum absolute atomic E-state index is 14.1. The van der Waals surface area contributed by atoms with Crippen LogP contribution in [0.25, 0.3) is 0 Å². The highest BCUT2D eigenvalue weighted by molar-refractivity contribution is 5.08. The fraction of sp³-hybridized carbons (Fsp3) is 0.875. The molecule has 0 bridgehead atoms. The minimum absolute atomic E-state index is 0.103. The number of halogens is 1. The molecule has 1 heteroatoms. The summed E-state index contributed by atoms with van der Waals surface area (Å²) >= 11 is 0. The monoisotopic (exact) mass is 240 g/mol. The van der Waals surface area contributed by atoms with E-state index in [1.54, 1.807) is 0 Å². The molecule has 0 saturated carbocycles. The lowest BCUT2D eigenvalue weighted by molar-refractivity contribution is 0.0674. The average molecular weight is 240 g/mol. The van der Waals surface area contributed by atoms with Gasteiger partial charge < -0.3 is 0 Å². The summed E-state index contributed by atoms with van der Waals surface area (Å²) in [5.41, 5.74) is 0.394. The highest BCUT2D eigenvalue weighted by atomic mass is 19.1. The van der Waals surface area contributed by atoms with Gasteiger partial charge in [-0.25, -0.2) is 4.39 Å². The molecule has 0 aromatic rings. The molecule has 1 aliphatic rings.